The second kappa shape index (κ2) is 21.2. The van der Waals surface area contributed by atoms with E-state index in [9.17, 15) is 28.6 Å². The summed E-state index contributed by atoms with van der Waals surface area (Å²) in [6.07, 6.45) is 2.43. The van der Waals surface area contributed by atoms with Gasteiger partial charge in [-0.1, -0.05) is 84.9 Å². The molecular weight excluding hydrogens is 959 g/mol. The number of hydrogen-bond donors (Lipinski definition) is 3. The predicted molar refractivity (Wildman–Crippen MR) is 278 cm³/mol. The minimum Gasteiger partial charge on any atom is -0.506 e. The van der Waals surface area contributed by atoms with Crippen molar-refractivity contribution in [3.8, 4) is 34.5 Å². The number of benzene rings is 7. The Morgan fingerprint density at radius 3 is 1.75 bits per heavy atom. The van der Waals surface area contributed by atoms with Gasteiger partial charge in [0.2, 0.25) is 0 Å². The summed E-state index contributed by atoms with van der Waals surface area (Å²) in [6, 6.07) is 41.0. The number of pyridine rings is 2. The summed E-state index contributed by atoms with van der Waals surface area (Å²) in [5.74, 6) is 0.694. The third kappa shape index (κ3) is 9.68. The van der Waals surface area contributed by atoms with E-state index in [-0.39, 0.29) is 58.0 Å². The van der Waals surface area contributed by atoms with E-state index in [2.05, 4.69) is 10.3 Å². The summed E-state index contributed by atoms with van der Waals surface area (Å²) in [6.45, 7) is 0.338. The Bertz CT molecular complexity index is 3560. The molecule has 0 saturated carbocycles. The monoisotopic (exact) mass is 1010 g/mol. The topological polar surface area (TPSA) is 162 Å². The standard InChI is InChI=1S/C41H35FN2O6.C19H15FN2O3/c1-47-31-19-16-29(33(22-31)48-2)24-44-40(45)34-35(41(44)46)39(49-3)36-32(21-26(23-43-36)20-25-14-17-30(42)18-15-25)38(34)50-37(27-10-6-4-7-11-27)28-12-8-5-9-13-28;1-25-18-14-9-22-19(24)15(14)17(23)13-7-11(8-21-16(13)18)6-10-2-4-12(20)5-3-10/h4-19,21-23,37,41,46H,20,24H2,1-3H3;2-5,7-8,23H,6,9H2,1H3,(H,22,24). The van der Waals surface area contributed by atoms with Crippen LogP contribution in [0.5, 0.6) is 34.5 Å². The molecule has 1 unspecified atom stereocenters. The molecule has 378 valence electrons. The lowest BCUT2D eigenvalue weighted by Crippen LogP contribution is -2.27. The zero-order valence-electron chi connectivity index (χ0n) is 41.3. The normalized spacial score (nSPS) is 13.5. The number of halogens is 2. The van der Waals surface area contributed by atoms with Crippen LogP contribution in [0.4, 0.5) is 8.78 Å². The van der Waals surface area contributed by atoms with Crippen LogP contribution in [0, 0.1) is 11.6 Å². The largest absolute Gasteiger partial charge is 0.506 e. The molecule has 1 atom stereocenters. The molecule has 0 spiro atoms. The van der Waals surface area contributed by atoms with Crippen molar-refractivity contribution in [1.29, 1.82) is 0 Å². The Balaban J connectivity index is 0.000000214. The second-order valence-electron chi connectivity index (χ2n) is 18.0. The Morgan fingerprint density at radius 2 is 1.20 bits per heavy atom. The van der Waals surface area contributed by atoms with Crippen LogP contribution in [-0.4, -0.2) is 65.3 Å². The molecule has 2 aliphatic heterocycles. The number of phenolic OH excluding ortho intramolecular Hbond substituents is 1. The quantitative estimate of drug-likeness (QED) is 0.0951. The van der Waals surface area contributed by atoms with Crippen LogP contribution < -0.4 is 29.0 Å². The molecule has 0 bridgehead atoms. The van der Waals surface area contributed by atoms with Gasteiger partial charge in [-0.2, -0.15) is 0 Å². The first-order chi connectivity index (χ1) is 36.5. The highest BCUT2D eigenvalue weighted by molar-refractivity contribution is 6.10. The minimum atomic E-state index is -1.38. The summed E-state index contributed by atoms with van der Waals surface area (Å²) in [4.78, 5) is 37.3. The number of fused-ring (bicyclic) bond motifs is 4. The molecule has 3 N–H and O–H groups in total. The molecule has 4 heterocycles. The number of aromatic hydroxyl groups is 1. The fourth-order valence-corrected chi connectivity index (χ4v) is 9.75. The molecule has 2 aliphatic rings. The Hall–Kier alpha value is -9.08. The highest BCUT2D eigenvalue weighted by atomic mass is 19.1. The second-order valence-corrected chi connectivity index (χ2v) is 18.0. The lowest BCUT2D eigenvalue weighted by atomic mass is 9.97. The maximum Gasteiger partial charge on any atom is 0.260 e. The molecule has 7 aromatic carbocycles. The zero-order valence-corrected chi connectivity index (χ0v) is 41.3. The molecule has 11 rings (SSSR count). The number of phenols is 1. The molecule has 0 saturated heterocycles. The summed E-state index contributed by atoms with van der Waals surface area (Å²) in [5, 5.41) is 26.2. The van der Waals surface area contributed by atoms with E-state index in [4.69, 9.17) is 28.7 Å². The van der Waals surface area contributed by atoms with Crippen LogP contribution in [-0.2, 0) is 25.9 Å². The molecule has 2 amide bonds. The Morgan fingerprint density at radius 1 is 0.640 bits per heavy atom. The van der Waals surface area contributed by atoms with Crippen LogP contribution in [0.15, 0.2) is 152 Å². The number of rotatable bonds is 14. The van der Waals surface area contributed by atoms with Crippen molar-refractivity contribution in [3.05, 3.63) is 225 Å². The number of aliphatic hydroxyl groups excluding tert-OH is 1. The summed E-state index contributed by atoms with van der Waals surface area (Å²) in [7, 11) is 6.11. The zero-order chi connectivity index (χ0) is 52.3. The minimum absolute atomic E-state index is 0.0326. The van der Waals surface area contributed by atoms with Gasteiger partial charge in [0, 0.05) is 46.9 Å². The van der Waals surface area contributed by atoms with Crippen LogP contribution in [0.25, 0.3) is 21.8 Å². The third-order valence-electron chi connectivity index (χ3n) is 13.4. The van der Waals surface area contributed by atoms with Gasteiger partial charge in [-0.3, -0.25) is 19.6 Å². The number of carbonyl (C=O) groups is 2. The van der Waals surface area contributed by atoms with Crippen molar-refractivity contribution in [3.63, 3.8) is 0 Å². The smallest absolute Gasteiger partial charge is 0.260 e. The molecule has 9 aromatic rings. The van der Waals surface area contributed by atoms with Crippen LogP contribution >= 0.6 is 0 Å². The molecule has 13 nitrogen and oxygen atoms in total. The van der Waals surface area contributed by atoms with Crippen molar-refractivity contribution in [2.45, 2.75) is 38.3 Å². The average Bonchev–Trinajstić information content (AvgIpc) is 3.96. The molecule has 0 aliphatic carbocycles. The lowest BCUT2D eigenvalue weighted by molar-refractivity contribution is 0.0126. The van der Waals surface area contributed by atoms with Crippen molar-refractivity contribution in [1.82, 2.24) is 20.2 Å². The lowest BCUT2D eigenvalue weighted by Gasteiger charge is -2.24. The molecule has 0 radical (unpaired) electrons. The number of aliphatic hydroxyl groups is 1. The first-order valence-corrected chi connectivity index (χ1v) is 23.9. The first kappa shape index (κ1) is 49.5. The van der Waals surface area contributed by atoms with Crippen LogP contribution in [0.3, 0.4) is 0 Å². The van der Waals surface area contributed by atoms with E-state index >= 15 is 0 Å². The van der Waals surface area contributed by atoms with Crippen LogP contribution in [0.1, 0.15) is 83.1 Å². The van der Waals surface area contributed by atoms with Crippen molar-refractivity contribution < 1.29 is 52.3 Å². The highest BCUT2D eigenvalue weighted by Crippen LogP contribution is 2.51. The first-order valence-electron chi connectivity index (χ1n) is 23.9. The van der Waals surface area contributed by atoms with Gasteiger partial charge >= 0.3 is 0 Å². The molecule has 75 heavy (non-hydrogen) atoms. The van der Waals surface area contributed by atoms with E-state index < -0.39 is 18.2 Å². The van der Waals surface area contributed by atoms with Gasteiger partial charge in [0.05, 0.1) is 51.7 Å². The number of methoxy groups -OCH3 is 4. The Kier molecular flexibility index (Phi) is 14.0. The van der Waals surface area contributed by atoms with Crippen molar-refractivity contribution in [2.24, 2.45) is 0 Å². The Labute approximate surface area is 430 Å². The summed E-state index contributed by atoms with van der Waals surface area (Å²) >= 11 is 0. The highest BCUT2D eigenvalue weighted by Gasteiger charge is 2.44. The number of ether oxygens (including phenoxy) is 5. The van der Waals surface area contributed by atoms with Gasteiger partial charge in [0.25, 0.3) is 11.8 Å². The van der Waals surface area contributed by atoms with Crippen molar-refractivity contribution in [2.75, 3.05) is 28.4 Å². The molecule has 15 heteroatoms. The summed E-state index contributed by atoms with van der Waals surface area (Å²) < 4.78 is 56.1. The van der Waals surface area contributed by atoms with Crippen LogP contribution in [0.2, 0.25) is 0 Å². The number of nitrogens with one attached hydrogen (secondary N) is 1. The number of nitrogens with zero attached hydrogens (tertiary/aromatic N) is 3. The maximum atomic E-state index is 14.6. The summed E-state index contributed by atoms with van der Waals surface area (Å²) in [5.41, 5.74) is 8.15. The predicted octanol–water partition coefficient (Wildman–Crippen LogP) is 10.7. The SMILES string of the molecule is COc1c2c(c(O)c3cc(Cc4ccc(F)cc4)cnc13)C(=O)NC2.COc1ccc(CN2C(=O)c3c(c(OC)c4ncc(Cc5ccc(F)cc5)cc4c3OC(c3ccccc3)c3ccccc3)C2O)c(OC)c1. The van der Waals surface area contributed by atoms with Gasteiger partial charge in [0.15, 0.2) is 17.7 Å². The fraction of sp³-hybridized carbons (Fsp3) is 0.167. The molecular formula is C60H50F2N4O9. The third-order valence-corrected chi connectivity index (χ3v) is 13.4. The van der Waals surface area contributed by atoms with Crippen molar-refractivity contribution >= 4 is 33.6 Å². The van der Waals surface area contributed by atoms with Gasteiger partial charge in [-0.25, -0.2) is 8.78 Å². The van der Waals surface area contributed by atoms with Gasteiger partial charge in [0.1, 0.15) is 51.8 Å². The average molecular weight is 1010 g/mol. The van der Waals surface area contributed by atoms with E-state index in [1.54, 1.807) is 75.1 Å². The van der Waals surface area contributed by atoms with E-state index in [1.165, 1.54) is 43.4 Å². The van der Waals surface area contributed by atoms with Gasteiger partial charge in [-0.05, 0) is 94.8 Å². The number of amides is 2. The maximum absolute atomic E-state index is 14.6. The van der Waals surface area contributed by atoms with E-state index in [0.29, 0.717) is 69.6 Å². The number of aromatic nitrogens is 2. The number of hydrogen-bond acceptors (Lipinski definition) is 11. The number of carbonyl (C=O) groups excluding carboxylic acids is 2. The van der Waals surface area contributed by atoms with E-state index in [0.717, 1.165) is 33.4 Å². The molecule has 2 aromatic heterocycles. The van der Waals surface area contributed by atoms with E-state index in [1.807, 2.05) is 66.7 Å². The van der Waals surface area contributed by atoms with Gasteiger partial charge in [-0.15, -0.1) is 0 Å². The van der Waals surface area contributed by atoms with Gasteiger partial charge < -0.3 is 44.1 Å². The molecule has 0 fully saturated rings. The fourth-order valence-electron chi connectivity index (χ4n) is 9.75.